The third-order valence-electron chi connectivity index (χ3n) is 6.17. The molecule has 8 nitrogen and oxygen atoms in total. The molecule has 0 aliphatic heterocycles. The predicted molar refractivity (Wildman–Crippen MR) is 155 cm³/mol. The first kappa shape index (κ1) is 31.6. The average Bonchev–Trinajstić information content (AvgIpc) is 3.43. The molecule has 2 aromatic carbocycles. The molecule has 0 aliphatic rings. The summed E-state index contributed by atoms with van der Waals surface area (Å²) in [6, 6.07) is 10.1. The highest BCUT2D eigenvalue weighted by molar-refractivity contribution is 7.90. The van der Waals surface area contributed by atoms with Gasteiger partial charge in [-0.2, -0.15) is 5.26 Å². The molecule has 1 heterocycles. The van der Waals surface area contributed by atoms with Crippen molar-refractivity contribution in [3.63, 3.8) is 0 Å². The maximum atomic E-state index is 14.2. The average molecular weight is 583 g/mol. The van der Waals surface area contributed by atoms with Crippen LogP contribution >= 0.6 is 0 Å². The highest BCUT2D eigenvalue weighted by Crippen LogP contribution is 2.38. The molecule has 3 aromatic rings. The molecule has 0 spiro atoms. The van der Waals surface area contributed by atoms with Crippen LogP contribution in [0.3, 0.4) is 0 Å². The predicted octanol–water partition coefficient (Wildman–Crippen LogP) is 6.27. The van der Waals surface area contributed by atoms with E-state index in [1.165, 1.54) is 30.7 Å². The van der Waals surface area contributed by atoms with Crippen LogP contribution in [0, 0.1) is 17.1 Å². The lowest BCUT2D eigenvalue weighted by molar-refractivity contribution is 0.00653. The number of carbonyl (C=O) groups is 1. The number of carbonyl (C=O) groups excluding carboxylic acids is 1. The van der Waals surface area contributed by atoms with E-state index < -0.39 is 39.6 Å². The fraction of sp³-hybridized carbons (Fsp3) is 0.355. The van der Waals surface area contributed by atoms with Crippen molar-refractivity contribution in [1.82, 2.24) is 4.90 Å². The van der Waals surface area contributed by atoms with E-state index in [1.54, 1.807) is 45.1 Å². The minimum absolute atomic E-state index is 0.00773. The van der Waals surface area contributed by atoms with Gasteiger partial charge in [0.25, 0.3) is 0 Å². The number of rotatable bonds is 12. The Hall–Kier alpha value is -3.94. The lowest BCUT2D eigenvalue weighted by Gasteiger charge is -2.23. The van der Waals surface area contributed by atoms with Crippen molar-refractivity contribution in [2.75, 3.05) is 26.2 Å². The second-order valence-electron chi connectivity index (χ2n) is 10.3. The fourth-order valence-corrected chi connectivity index (χ4v) is 5.79. The Morgan fingerprint density at radius 3 is 2.49 bits per heavy atom. The number of nitriles is 1. The van der Waals surface area contributed by atoms with Crippen molar-refractivity contribution in [3.8, 4) is 22.9 Å². The summed E-state index contributed by atoms with van der Waals surface area (Å²) in [5, 5.41) is 9.21. The van der Waals surface area contributed by atoms with Crippen LogP contribution in [0.1, 0.15) is 56.1 Å². The van der Waals surface area contributed by atoms with Gasteiger partial charge < -0.3 is 18.8 Å². The Balaban J connectivity index is 2.15. The topological polar surface area (TPSA) is 110 Å². The largest absolute Gasteiger partial charge is 0.477 e. The van der Waals surface area contributed by atoms with Crippen molar-refractivity contribution >= 4 is 21.9 Å². The molecule has 0 unspecified atom stereocenters. The number of benzene rings is 2. The van der Waals surface area contributed by atoms with Crippen molar-refractivity contribution in [2.45, 2.75) is 50.9 Å². The lowest BCUT2D eigenvalue weighted by atomic mass is 9.99. The third kappa shape index (κ3) is 8.28. The van der Waals surface area contributed by atoms with E-state index in [-0.39, 0.29) is 27.3 Å². The quantitative estimate of drug-likeness (QED) is 0.182. The third-order valence-corrected chi connectivity index (χ3v) is 7.90. The van der Waals surface area contributed by atoms with Crippen molar-refractivity contribution < 1.29 is 31.5 Å². The summed E-state index contributed by atoms with van der Waals surface area (Å²) in [5.41, 5.74) is 0.298. The van der Waals surface area contributed by atoms with Crippen molar-refractivity contribution in [1.29, 1.82) is 5.26 Å². The zero-order chi connectivity index (χ0) is 30.2. The van der Waals surface area contributed by atoms with Crippen molar-refractivity contribution in [2.24, 2.45) is 0 Å². The van der Waals surface area contributed by atoms with Gasteiger partial charge in [0.05, 0.1) is 23.2 Å². The highest BCUT2D eigenvalue weighted by Gasteiger charge is 2.30. The second kappa shape index (κ2) is 13.6. The number of nitrogens with zero attached hydrogens (tertiary/aromatic N) is 2. The molecule has 0 saturated heterocycles. The monoisotopic (exact) mass is 582 g/mol. The smallest absolute Gasteiger partial charge is 0.342 e. The molecule has 0 aliphatic carbocycles. The van der Waals surface area contributed by atoms with Crippen LogP contribution in [0.15, 0.2) is 64.3 Å². The fourth-order valence-electron chi connectivity index (χ4n) is 4.22. The highest BCUT2D eigenvalue weighted by atomic mass is 32.2. The van der Waals surface area contributed by atoms with E-state index in [0.717, 1.165) is 19.2 Å². The SMILES string of the molecule is CCN(CC)CC=Cc1cc(F)ccc1S(=O)(=O)Cc1ccc(-c2ccoc2)c(OCC#N)c1C(=O)OC(C)(C)C. The van der Waals surface area contributed by atoms with Gasteiger partial charge in [-0.1, -0.05) is 38.1 Å². The van der Waals surface area contributed by atoms with Gasteiger partial charge in [-0.25, -0.2) is 17.6 Å². The number of likely N-dealkylation sites (N-methyl/N-ethyl adjacent to an activating group) is 1. The number of halogens is 1. The second-order valence-corrected chi connectivity index (χ2v) is 12.2. The zero-order valence-electron chi connectivity index (χ0n) is 23.9. The first-order valence-electron chi connectivity index (χ1n) is 13.2. The Labute approximate surface area is 240 Å². The van der Waals surface area contributed by atoms with Crippen LogP contribution in [0.5, 0.6) is 5.75 Å². The van der Waals surface area contributed by atoms with Gasteiger partial charge in [-0.15, -0.1) is 0 Å². The summed E-state index contributed by atoms with van der Waals surface area (Å²) in [6.07, 6.45) is 6.27. The molecule has 0 fully saturated rings. The summed E-state index contributed by atoms with van der Waals surface area (Å²) < 4.78 is 58.4. The van der Waals surface area contributed by atoms with E-state index in [9.17, 15) is 22.9 Å². The number of esters is 1. The normalized spacial score (nSPS) is 12.0. The number of furan rings is 1. The number of hydrogen-bond acceptors (Lipinski definition) is 8. The maximum Gasteiger partial charge on any atom is 0.342 e. The van der Waals surface area contributed by atoms with E-state index in [4.69, 9.17) is 13.9 Å². The van der Waals surface area contributed by atoms with E-state index in [1.807, 2.05) is 19.9 Å². The maximum absolute atomic E-state index is 14.2. The van der Waals surface area contributed by atoms with Gasteiger partial charge in [-0.3, -0.25) is 0 Å². The molecule has 0 N–H and O–H groups in total. The molecule has 0 saturated carbocycles. The van der Waals surface area contributed by atoms with Crippen LogP contribution in [0.2, 0.25) is 0 Å². The molecule has 0 bridgehead atoms. The van der Waals surface area contributed by atoms with Gasteiger partial charge in [0.2, 0.25) is 0 Å². The lowest BCUT2D eigenvalue weighted by Crippen LogP contribution is -2.25. The van der Waals surface area contributed by atoms with Gasteiger partial charge in [0.15, 0.2) is 16.4 Å². The molecular formula is C31H35FN2O6S. The number of ether oxygens (including phenoxy) is 2. The van der Waals surface area contributed by atoms with E-state index in [2.05, 4.69) is 4.90 Å². The minimum Gasteiger partial charge on any atom is -0.477 e. The molecule has 1 aromatic heterocycles. The number of hydrogen-bond donors (Lipinski definition) is 0. The van der Waals surface area contributed by atoms with Gasteiger partial charge in [0, 0.05) is 17.7 Å². The molecule has 41 heavy (non-hydrogen) atoms. The molecule has 0 radical (unpaired) electrons. The summed E-state index contributed by atoms with van der Waals surface area (Å²) in [7, 11) is -4.10. The van der Waals surface area contributed by atoms with Crippen LogP contribution < -0.4 is 4.74 Å². The van der Waals surface area contributed by atoms with Crippen LogP contribution in [0.25, 0.3) is 17.2 Å². The summed E-state index contributed by atoms with van der Waals surface area (Å²) in [4.78, 5) is 15.6. The Kier molecular flexibility index (Phi) is 10.5. The van der Waals surface area contributed by atoms with Crippen molar-refractivity contribution in [3.05, 3.63) is 77.5 Å². The minimum atomic E-state index is -4.10. The molecule has 10 heteroatoms. The molecule has 3 rings (SSSR count). The van der Waals surface area contributed by atoms with E-state index >= 15 is 0 Å². The Morgan fingerprint density at radius 1 is 1.15 bits per heavy atom. The molecule has 0 amide bonds. The molecular weight excluding hydrogens is 547 g/mol. The first-order valence-corrected chi connectivity index (χ1v) is 14.9. The molecule has 218 valence electrons. The first-order chi connectivity index (χ1) is 19.4. The summed E-state index contributed by atoms with van der Waals surface area (Å²) in [6.45, 7) is 10.9. The van der Waals surface area contributed by atoms with Gasteiger partial charge >= 0.3 is 5.97 Å². The van der Waals surface area contributed by atoms with Crippen LogP contribution in [-0.2, 0) is 20.3 Å². The van der Waals surface area contributed by atoms with E-state index in [0.29, 0.717) is 17.7 Å². The van der Waals surface area contributed by atoms with Crippen LogP contribution in [-0.4, -0.2) is 51.1 Å². The van der Waals surface area contributed by atoms with Crippen LogP contribution in [0.4, 0.5) is 4.39 Å². The van der Waals surface area contributed by atoms with Gasteiger partial charge in [0.1, 0.15) is 28.8 Å². The summed E-state index contributed by atoms with van der Waals surface area (Å²) >= 11 is 0. The Bertz CT molecular complexity index is 1530. The number of sulfone groups is 1. The standard InChI is InChI=1S/C31H35FN2O6S/c1-6-34(7-2)16-8-9-22-19-25(32)11-13-27(22)41(36,37)21-24-10-12-26(23-14-17-38-20-23)29(39-18-15-33)28(24)30(35)40-31(3,4)5/h8-14,17,19-20H,6-7,16,18,21H2,1-5H3. The van der Waals surface area contributed by atoms with Gasteiger partial charge in [-0.05, 0) is 69.3 Å². The zero-order valence-corrected chi connectivity index (χ0v) is 24.8. The molecule has 0 atom stereocenters. The summed E-state index contributed by atoms with van der Waals surface area (Å²) in [5.74, 6) is -1.97. The Morgan fingerprint density at radius 2 is 1.88 bits per heavy atom.